The van der Waals surface area contributed by atoms with E-state index in [9.17, 15) is 4.79 Å². The van der Waals surface area contributed by atoms with E-state index in [0.717, 1.165) is 10.1 Å². The molecule has 1 amide bonds. The molecule has 0 saturated heterocycles. The van der Waals surface area contributed by atoms with E-state index in [1.807, 2.05) is 5.38 Å². The van der Waals surface area contributed by atoms with Crippen LogP contribution in [0.3, 0.4) is 0 Å². The Hall–Kier alpha value is -0.170. The predicted molar refractivity (Wildman–Crippen MR) is 54.1 cm³/mol. The lowest BCUT2D eigenvalue weighted by atomic mass is 10.6. The largest absolute Gasteiger partial charge is 0.302 e. The SMILES string of the molecule is CC(=O)Nc1nc(CI)cs1. The number of rotatable bonds is 2. The summed E-state index contributed by atoms with van der Waals surface area (Å²) in [6.45, 7) is 1.48. The number of carbonyl (C=O) groups excluding carboxylic acids is 1. The molecule has 1 N–H and O–H groups in total. The van der Waals surface area contributed by atoms with Gasteiger partial charge < -0.3 is 5.32 Å². The van der Waals surface area contributed by atoms with Gasteiger partial charge in [-0.3, -0.25) is 4.79 Å². The standard InChI is InChI=1S/C6H7IN2OS/c1-4(10)8-6-9-5(2-7)3-11-6/h3H,2H2,1H3,(H,8,9,10). The number of hydrogen-bond donors (Lipinski definition) is 1. The fourth-order valence-corrected chi connectivity index (χ4v) is 2.02. The summed E-state index contributed by atoms with van der Waals surface area (Å²) in [6, 6.07) is 0. The minimum atomic E-state index is -0.0700. The van der Waals surface area contributed by atoms with E-state index in [-0.39, 0.29) is 5.91 Å². The molecule has 0 atom stereocenters. The molecule has 0 aliphatic heterocycles. The van der Waals surface area contributed by atoms with Crippen LogP contribution < -0.4 is 5.32 Å². The molecule has 1 heterocycles. The highest BCUT2D eigenvalue weighted by Crippen LogP contribution is 2.16. The molecule has 0 bridgehead atoms. The number of nitrogens with one attached hydrogen (secondary N) is 1. The Kier molecular flexibility index (Phi) is 3.25. The number of carbonyl (C=O) groups is 1. The number of halogens is 1. The fourth-order valence-electron chi connectivity index (χ4n) is 0.576. The second kappa shape index (κ2) is 4.01. The van der Waals surface area contributed by atoms with Crippen LogP contribution in [-0.2, 0) is 9.22 Å². The highest BCUT2D eigenvalue weighted by molar-refractivity contribution is 14.1. The van der Waals surface area contributed by atoms with Crippen LogP contribution in [0.4, 0.5) is 5.13 Å². The van der Waals surface area contributed by atoms with Crippen LogP contribution in [0.1, 0.15) is 12.6 Å². The Morgan fingerprint density at radius 2 is 2.64 bits per heavy atom. The fraction of sp³-hybridized carbons (Fsp3) is 0.333. The molecule has 1 aromatic rings. The first-order chi connectivity index (χ1) is 5.22. The number of hydrogen-bond acceptors (Lipinski definition) is 3. The summed E-state index contributed by atoms with van der Waals surface area (Å²) in [4.78, 5) is 14.7. The van der Waals surface area contributed by atoms with Crippen molar-refractivity contribution < 1.29 is 4.79 Å². The third-order valence-corrected chi connectivity index (χ3v) is 2.56. The van der Waals surface area contributed by atoms with E-state index in [4.69, 9.17) is 0 Å². The number of alkyl halides is 1. The summed E-state index contributed by atoms with van der Waals surface area (Å²) in [5, 5.41) is 5.25. The predicted octanol–water partition coefficient (Wildman–Crippen LogP) is 2.04. The van der Waals surface area contributed by atoms with Gasteiger partial charge in [0.1, 0.15) is 0 Å². The van der Waals surface area contributed by atoms with Crippen LogP contribution in [0.15, 0.2) is 5.38 Å². The van der Waals surface area contributed by atoms with Crippen molar-refractivity contribution in [1.29, 1.82) is 0 Å². The van der Waals surface area contributed by atoms with Crippen molar-refractivity contribution in [3.05, 3.63) is 11.1 Å². The van der Waals surface area contributed by atoms with Crippen molar-refractivity contribution in [2.45, 2.75) is 11.4 Å². The summed E-state index contributed by atoms with van der Waals surface area (Å²) < 4.78 is 0.883. The van der Waals surface area contributed by atoms with Gasteiger partial charge in [0.05, 0.1) is 5.69 Å². The third kappa shape index (κ3) is 2.74. The van der Waals surface area contributed by atoms with Gasteiger partial charge >= 0.3 is 0 Å². The van der Waals surface area contributed by atoms with E-state index < -0.39 is 0 Å². The number of amides is 1. The van der Waals surface area contributed by atoms with Gasteiger partial charge in [0.15, 0.2) is 5.13 Å². The second-order valence-corrected chi connectivity index (χ2v) is 3.58. The average molecular weight is 282 g/mol. The monoisotopic (exact) mass is 282 g/mol. The van der Waals surface area contributed by atoms with Crippen LogP contribution >= 0.6 is 33.9 Å². The third-order valence-electron chi connectivity index (χ3n) is 0.972. The van der Waals surface area contributed by atoms with Gasteiger partial charge in [-0.15, -0.1) is 11.3 Å². The van der Waals surface area contributed by atoms with Gasteiger partial charge in [0, 0.05) is 16.7 Å². The number of aromatic nitrogens is 1. The normalized spacial score (nSPS) is 9.64. The molecular formula is C6H7IN2OS. The summed E-state index contributed by atoms with van der Waals surface area (Å²) >= 11 is 3.69. The van der Waals surface area contributed by atoms with Crippen LogP contribution in [0.5, 0.6) is 0 Å². The van der Waals surface area contributed by atoms with Crippen molar-refractivity contribution in [2.24, 2.45) is 0 Å². The topological polar surface area (TPSA) is 42.0 Å². The molecule has 3 nitrogen and oxygen atoms in total. The van der Waals surface area contributed by atoms with Crippen molar-refractivity contribution in [3.63, 3.8) is 0 Å². The molecule has 0 radical (unpaired) electrons. The Morgan fingerprint density at radius 1 is 1.91 bits per heavy atom. The second-order valence-electron chi connectivity index (χ2n) is 1.96. The van der Waals surface area contributed by atoms with Crippen LogP contribution in [0.25, 0.3) is 0 Å². The van der Waals surface area contributed by atoms with E-state index in [1.54, 1.807) is 0 Å². The smallest absolute Gasteiger partial charge is 0.223 e. The van der Waals surface area contributed by atoms with Crippen LogP contribution in [0, 0.1) is 0 Å². The van der Waals surface area contributed by atoms with E-state index in [1.165, 1.54) is 18.3 Å². The van der Waals surface area contributed by atoms with Gasteiger partial charge in [-0.05, 0) is 0 Å². The molecular weight excluding hydrogens is 275 g/mol. The lowest BCUT2D eigenvalue weighted by molar-refractivity contribution is -0.114. The van der Waals surface area contributed by atoms with Gasteiger partial charge in [0.25, 0.3) is 0 Å². The van der Waals surface area contributed by atoms with Crippen molar-refractivity contribution >= 4 is 45.0 Å². The molecule has 0 saturated carbocycles. The highest BCUT2D eigenvalue weighted by Gasteiger charge is 2.00. The Balaban J connectivity index is 2.65. The quantitative estimate of drug-likeness (QED) is 0.666. The minimum absolute atomic E-state index is 0.0700. The maximum Gasteiger partial charge on any atom is 0.223 e. The van der Waals surface area contributed by atoms with E-state index >= 15 is 0 Å². The summed E-state index contributed by atoms with van der Waals surface area (Å²) in [7, 11) is 0. The zero-order valence-electron chi connectivity index (χ0n) is 5.93. The Bertz CT molecular complexity index is 261. The molecule has 1 rings (SSSR count). The van der Waals surface area contributed by atoms with E-state index in [0.29, 0.717) is 5.13 Å². The number of thiazole rings is 1. The first-order valence-corrected chi connectivity index (χ1v) is 5.41. The van der Waals surface area contributed by atoms with Crippen LogP contribution in [-0.4, -0.2) is 10.9 Å². The maximum atomic E-state index is 10.6. The Labute approximate surface area is 82.4 Å². The van der Waals surface area contributed by atoms with Crippen molar-refractivity contribution in [3.8, 4) is 0 Å². The molecule has 60 valence electrons. The highest BCUT2D eigenvalue weighted by atomic mass is 127. The van der Waals surface area contributed by atoms with Crippen molar-refractivity contribution in [1.82, 2.24) is 4.98 Å². The zero-order valence-corrected chi connectivity index (χ0v) is 8.90. The molecule has 0 aromatic carbocycles. The minimum Gasteiger partial charge on any atom is -0.302 e. The first-order valence-electron chi connectivity index (χ1n) is 3.00. The Morgan fingerprint density at radius 3 is 3.09 bits per heavy atom. The first kappa shape index (κ1) is 8.92. The summed E-state index contributed by atoms with van der Waals surface area (Å²) in [6.07, 6.45) is 0. The van der Waals surface area contributed by atoms with E-state index in [2.05, 4.69) is 32.9 Å². The van der Waals surface area contributed by atoms with Gasteiger partial charge in [0.2, 0.25) is 5.91 Å². The molecule has 1 aromatic heterocycles. The molecule has 0 aliphatic rings. The molecule has 0 fully saturated rings. The number of nitrogens with zero attached hydrogens (tertiary/aromatic N) is 1. The zero-order chi connectivity index (χ0) is 8.27. The lowest BCUT2D eigenvalue weighted by Gasteiger charge is -1.92. The molecule has 0 unspecified atom stereocenters. The van der Waals surface area contributed by atoms with Crippen molar-refractivity contribution in [2.75, 3.05) is 5.32 Å². The average Bonchev–Trinajstić information content (AvgIpc) is 2.34. The molecule has 5 heteroatoms. The van der Waals surface area contributed by atoms with Gasteiger partial charge in [-0.25, -0.2) is 4.98 Å². The maximum absolute atomic E-state index is 10.6. The lowest BCUT2D eigenvalue weighted by Crippen LogP contribution is -2.05. The van der Waals surface area contributed by atoms with Crippen LogP contribution in [0.2, 0.25) is 0 Å². The number of anilines is 1. The summed E-state index contributed by atoms with van der Waals surface area (Å²) in [5.74, 6) is -0.0700. The molecule has 0 aliphatic carbocycles. The summed E-state index contributed by atoms with van der Waals surface area (Å²) in [5.41, 5.74) is 1.01. The molecule has 0 spiro atoms. The molecule has 11 heavy (non-hydrogen) atoms. The van der Waals surface area contributed by atoms with Gasteiger partial charge in [-0.1, -0.05) is 22.6 Å². The van der Waals surface area contributed by atoms with Gasteiger partial charge in [-0.2, -0.15) is 0 Å².